The van der Waals surface area contributed by atoms with Crippen molar-refractivity contribution in [1.82, 2.24) is 10.3 Å². The molecule has 1 saturated heterocycles. The van der Waals surface area contributed by atoms with E-state index < -0.39 is 5.82 Å². The normalized spacial score (nSPS) is 21.3. The number of pyridine rings is 1. The van der Waals surface area contributed by atoms with Gasteiger partial charge in [0.15, 0.2) is 5.82 Å². The second kappa shape index (κ2) is 4.90. The maximum atomic E-state index is 13.4. The highest BCUT2D eigenvalue weighted by molar-refractivity contribution is 9.10. The van der Waals surface area contributed by atoms with E-state index in [9.17, 15) is 4.39 Å². The Balaban J connectivity index is 2.03. The predicted molar refractivity (Wildman–Crippen MR) is 58.4 cm³/mol. The predicted octanol–water partition coefficient (Wildman–Crippen LogP) is 2.11. The van der Waals surface area contributed by atoms with Gasteiger partial charge in [0.1, 0.15) is 6.10 Å². The van der Waals surface area contributed by atoms with E-state index in [1.54, 1.807) is 0 Å². The summed E-state index contributed by atoms with van der Waals surface area (Å²) in [6, 6.07) is 1.36. The SMILES string of the molecule is Fc1cc(Br)cnc1O[C@H]1CCCNC1. The van der Waals surface area contributed by atoms with Gasteiger partial charge >= 0.3 is 0 Å². The van der Waals surface area contributed by atoms with Crippen molar-refractivity contribution in [3.8, 4) is 5.88 Å². The van der Waals surface area contributed by atoms with Crippen LogP contribution in [0.15, 0.2) is 16.7 Å². The molecule has 15 heavy (non-hydrogen) atoms. The average Bonchev–Trinajstić information content (AvgIpc) is 2.24. The van der Waals surface area contributed by atoms with Crippen LogP contribution >= 0.6 is 15.9 Å². The molecule has 2 heterocycles. The van der Waals surface area contributed by atoms with Crippen LogP contribution in [0, 0.1) is 5.82 Å². The summed E-state index contributed by atoms with van der Waals surface area (Å²) in [6.07, 6.45) is 3.57. The van der Waals surface area contributed by atoms with Crippen molar-refractivity contribution in [3.05, 3.63) is 22.6 Å². The zero-order valence-electron chi connectivity index (χ0n) is 8.17. The van der Waals surface area contributed by atoms with Crippen molar-refractivity contribution in [1.29, 1.82) is 0 Å². The van der Waals surface area contributed by atoms with Crippen molar-refractivity contribution in [2.24, 2.45) is 0 Å². The second-order valence-electron chi connectivity index (χ2n) is 3.53. The van der Waals surface area contributed by atoms with Crippen LogP contribution in [0.5, 0.6) is 5.88 Å². The lowest BCUT2D eigenvalue weighted by molar-refractivity contribution is 0.153. The number of hydrogen-bond acceptors (Lipinski definition) is 3. The van der Waals surface area contributed by atoms with Gasteiger partial charge in [0.25, 0.3) is 5.88 Å². The summed E-state index contributed by atoms with van der Waals surface area (Å²) < 4.78 is 19.5. The number of rotatable bonds is 2. The van der Waals surface area contributed by atoms with Crippen LogP contribution in [0.4, 0.5) is 4.39 Å². The van der Waals surface area contributed by atoms with Crippen LogP contribution in [0.2, 0.25) is 0 Å². The Morgan fingerprint density at radius 2 is 2.47 bits per heavy atom. The van der Waals surface area contributed by atoms with Crippen molar-refractivity contribution in [2.75, 3.05) is 13.1 Å². The van der Waals surface area contributed by atoms with E-state index in [4.69, 9.17) is 4.74 Å². The quantitative estimate of drug-likeness (QED) is 0.897. The Bertz CT molecular complexity index is 342. The number of nitrogens with zero attached hydrogens (tertiary/aromatic N) is 1. The zero-order chi connectivity index (χ0) is 10.7. The Morgan fingerprint density at radius 1 is 1.60 bits per heavy atom. The smallest absolute Gasteiger partial charge is 0.250 e. The van der Waals surface area contributed by atoms with E-state index in [1.807, 2.05) is 0 Å². The third-order valence-electron chi connectivity index (χ3n) is 2.30. The molecule has 1 aliphatic rings. The fraction of sp³-hybridized carbons (Fsp3) is 0.500. The van der Waals surface area contributed by atoms with Crippen molar-refractivity contribution >= 4 is 15.9 Å². The van der Waals surface area contributed by atoms with Crippen molar-refractivity contribution in [2.45, 2.75) is 18.9 Å². The molecule has 0 amide bonds. The number of piperidine rings is 1. The Kier molecular flexibility index (Phi) is 3.53. The van der Waals surface area contributed by atoms with E-state index in [-0.39, 0.29) is 12.0 Å². The second-order valence-corrected chi connectivity index (χ2v) is 4.44. The maximum absolute atomic E-state index is 13.4. The summed E-state index contributed by atoms with van der Waals surface area (Å²) >= 11 is 3.15. The summed E-state index contributed by atoms with van der Waals surface area (Å²) in [4.78, 5) is 3.90. The number of ether oxygens (including phenoxy) is 1. The lowest BCUT2D eigenvalue weighted by Gasteiger charge is -2.23. The first-order valence-corrected chi connectivity index (χ1v) is 5.73. The molecule has 3 nitrogen and oxygen atoms in total. The Labute approximate surface area is 96.2 Å². The molecule has 1 aliphatic heterocycles. The molecule has 0 spiro atoms. The van der Waals surface area contributed by atoms with Crippen molar-refractivity contribution in [3.63, 3.8) is 0 Å². The van der Waals surface area contributed by atoms with Gasteiger partial charge in [0.05, 0.1) is 0 Å². The van der Waals surface area contributed by atoms with E-state index in [0.29, 0.717) is 4.47 Å². The number of hydrogen-bond donors (Lipinski definition) is 1. The monoisotopic (exact) mass is 274 g/mol. The molecular formula is C10H12BrFN2O. The van der Waals surface area contributed by atoms with E-state index >= 15 is 0 Å². The third-order valence-corrected chi connectivity index (χ3v) is 2.74. The minimum absolute atomic E-state index is 0.0296. The van der Waals surface area contributed by atoms with Crippen LogP contribution < -0.4 is 10.1 Å². The van der Waals surface area contributed by atoms with Gasteiger partial charge in [-0.2, -0.15) is 0 Å². The zero-order valence-corrected chi connectivity index (χ0v) is 9.76. The van der Waals surface area contributed by atoms with Crippen LogP contribution in [0.25, 0.3) is 0 Å². The third kappa shape index (κ3) is 2.89. The van der Waals surface area contributed by atoms with Crippen LogP contribution in [0.1, 0.15) is 12.8 Å². The maximum Gasteiger partial charge on any atom is 0.250 e. The number of aromatic nitrogens is 1. The Morgan fingerprint density at radius 3 is 3.13 bits per heavy atom. The van der Waals surface area contributed by atoms with E-state index in [1.165, 1.54) is 12.3 Å². The van der Waals surface area contributed by atoms with Gasteiger partial charge in [-0.25, -0.2) is 9.37 Å². The highest BCUT2D eigenvalue weighted by Crippen LogP contribution is 2.20. The lowest BCUT2D eigenvalue weighted by atomic mass is 10.1. The van der Waals surface area contributed by atoms with Gasteiger partial charge in [0.2, 0.25) is 0 Å². The molecule has 1 aromatic heterocycles. The number of nitrogens with one attached hydrogen (secondary N) is 1. The fourth-order valence-corrected chi connectivity index (χ4v) is 1.87. The topological polar surface area (TPSA) is 34.1 Å². The summed E-state index contributed by atoms with van der Waals surface area (Å²) in [5, 5.41) is 3.20. The summed E-state index contributed by atoms with van der Waals surface area (Å²) in [7, 11) is 0. The first-order valence-electron chi connectivity index (χ1n) is 4.94. The highest BCUT2D eigenvalue weighted by atomic mass is 79.9. The van der Waals surface area contributed by atoms with Gasteiger partial charge < -0.3 is 10.1 Å². The summed E-state index contributed by atoms with van der Waals surface area (Å²) in [5.41, 5.74) is 0. The molecule has 0 aliphatic carbocycles. The van der Waals surface area contributed by atoms with Gasteiger partial charge in [0, 0.05) is 17.2 Å². The molecule has 0 saturated carbocycles. The minimum Gasteiger partial charge on any atom is -0.471 e. The van der Waals surface area contributed by atoms with E-state index in [0.717, 1.165) is 25.9 Å². The molecule has 0 unspecified atom stereocenters. The average molecular weight is 275 g/mol. The van der Waals surface area contributed by atoms with Gasteiger partial charge in [-0.3, -0.25) is 0 Å². The van der Waals surface area contributed by atoms with Gasteiger partial charge in [-0.15, -0.1) is 0 Å². The fourth-order valence-electron chi connectivity index (χ4n) is 1.57. The molecule has 5 heteroatoms. The minimum atomic E-state index is -0.421. The molecule has 1 N–H and O–H groups in total. The van der Waals surface area contributed by atoms with Crippen LogP contribution in [-0.4, -0.2) is 24.2 Å². The molecule has 2 rings (SSSR count). The largest absolute Gasteiger partial charge is 0.471 e. The number of halogens is 2. The molecule has 0 radical (unpaired) electrons. The molecule has 1 fully saturated rings. The molecule has 0 bridgehead atoms. The van der Waals surface area contributed by atoms with Crippen LogP contribution in [0.3, 0.4) is 0 Å². The Hall–Kier alpha value is -0.680. The molecule has 0 aromatic carbocycles. The molecule has 1 aromatic rings. The molecule has 1 atom stereocenters. The standard InChI is InChI=1S/C10H12BrFN2O/c11-7-4-9(12)10(14-5-7)15-8-2-1-3-13-6-8/h4-5,8,13H,1-3,6H2/t8-/m0/s1. The van der Waals surface area contributed by atoms with Gasteiger partial charge in [-0.1, -0.05) is 0 Å². The summed E-state index contributed by atoms with van der Waals surface area (Å²) in [5.74, 6) is -0.332. The van der Waals surface area contributed by atoms with Crippen LogP contribution in [-0.2, 0) is 0 Å². The van der Waals surface area contributed by atoms with Crippen molar-refractivity contribution < 1.29 is 9.13 Å². The molecular weight excluding hydrogens is 263 g/mol. The molecule has 82 valence electrons. The summed E-state index contributed by atoms with van der Waals surface area (Å²) in [6.45, 7) is 1.77. The first kappa shape index (κ1) is 10.8. The first-order chi connectivity index (χ1) is 7.25. The van der Waals surface area contributed by atoms with E-state index in [2.05, 4.69) is 26.2 Å². The van der Waals surface area contributed by atoms with Gasteiger partial charge in [-0.05, 0) is 41.4 Å². The highest BCUT2D eigenvalue weighted by Gasteiger charge is 2.17. The lowest BCUT2D eigenvalue weighted by Crippen LogP contribution is -2.37.